The highest BCUT2D eigenvalue weighted by Gasteiger charge is 2.43. The highest BCUT2D eigenvalue weighted by molar-refractivity contribution is 7.99. The number of benzene rings is 3. The van der Waals surface area contributed by atoms with Gasteiger partial charge < -0.3 is 0 Å². The third-order valence-corrected chi connectivity index (χ3v) is 5.13. The van der Waals surface area contributed by atoms with E-state index >= 15 is 8.78 Å². The molecule has 1 nitrogen and oxygen atoms in total. The van der Waals surface area contributed by atoms with Gasteiger partial charge in [0.2, 0.25) is 5.78 Å². The Hall–Kier alpha value is -2.46. The van der Waals surface area contributed by atoms with Gasteiger partial charge >= 0.3 is 5.92 Å². The van der Waals surface area contributed by atoms with Crippen molar-refractivity contribution in [3.05, 3.63) is 95.1 Å². The summed E-state index contributed by atoms with van der Waals surface area (Å²) in [6, 6.07) is 20.2. The van der Waals surface area contributed by atoms with Gasteiger partial charge in [-0.1, -0.05) is 71.4 Å². The third kappa shape index (κ3) is 3.86. The van der Waals surface area contributed by atoms with Crippen LogP contribution in [-0.4, -0.2) is 5.78 Å². The Morgan fingerprint density at radius 1 is 0.846 bits per heavy atom. The van der Waals surface area contributed by atoms with Gasteiger partial charge in [-0.15, -0.1) is 0 Å². The average molecular weight is 368 g/mol. The second-order valence-electron chi connectivity index (χ2n) is 6.18. The molecule has 0 aliphatic rings. The summed E-state index contributed by atoms with van der Waals surface area (Å²) in [7, 11) is 0. The van der Waals surface area contributed by atoms with E-state index in [1.54, 1.807) is 37.3 Å². The molecular formula is C22H18F2OS. The first-order valence-corrected chi connectivity index (χ1v) is 9.03. The van der Waals surface area contributed by atoms with Crippen molar-refractivity contribution in [2.75, 3.05) is 0 Å². The molecule has 4 heteroatoms. The summed E-state index contributed by atoms with van der Waals surface area (Å²) < 4.78 is 30.2. The van der Waals surface area contributed by atoms with Gasteiger partial charge in [0.05, 0.1) is 0 Å². The first-order valence-electron chi connectivity index (χ1n) is 8.21. The number of hydrogen-bond donors (Lipinski definition) is 0. The van der Waals surface area contributed by atoms with Crippen molar-refractivity contribution >= 4 is 17.5 Å². The Morgan fingerprint density at radius 3 is 2.12 bits per heavy atom. The van der Waals surface area contributed by atoms with Gasteiger partial charge in [0.1, 0.15) is 0 Å². The van der Waals surface area contributed by atoms with E-state index in [2.05, 4.69) is 0 Å². The number of rotatable bonds is 5. The summed E-state index contributed by atoms with van der Waals surface area (Å²) in [5.74, 6) is -4.78. The predicted molar refractivity (Wildman–Crippen MR) is 101 cm³/mol. The van der Waals surface area contributed by atoms with E-state index < -0.39 is 11.7 Å². The topological polar surface area (TPSA) is 17.1 Å². The molecule has 0 aliphatic heterocycles. The molecule has 0 saturated heterocycles. The van der Waals surface area contributed by atoms with Crippen LogP contribution in [0.5, 0.6) is 0 Å². The second kappa shape index (κ2) is 7.42. The molecule has 0 bridgehead atoms. The zero-order chi connectivity index (χ0) is 18.7. The van der Waals surface area contributed by atoms with Crippen molar-refractivity contribution < 1.29 is 13.6 Å². The Balaban J connectivity index is 2.01. The van der Waals surface area contributed by atoms with Crippen molar-refractivity contribution in [1.29, 1.82) is 0 Å². The molecule has 0 aromatic heterocycles. The fraction of sp³-hybridized carbons (Fsp3) is 0.136. The molecular weight excluding hydrogens is 350 g/mol. The molecule has 0 heterocycles. The highest BCUT2D eigenvalue weighted by Crippen LogP contribution is 2.41. The van der Waals surface area contributed by atoms with Crippen molar-refractivity contribution in [2.24, 2.45) is 0 Å². The van der Waals surface area contributed by atoms with Crippen LogP contribution in [-0.2, 0) is 5.92 Å². The first kappa shape index (κ1) is 18.3. The molecule has 3 aromatic rings. The summed E-state index contributed by atoms with van der Waals surface area (Å²) in [4.78, 5) is 13.7. The lowest BCUT2D eigenvalue weighted by atomic mass is 9.97. The predicted octanol–water partition coefficient (Wildman–Crippen LogP) is 6.43. The van der Waals surface area contributed by atoms with Crippen LogP contribution < -0.4 is 0 Å². The van der Waals surface area contributed by atoms with Gasteiger partial charge in [-0.25, -0.2) is 0 Å². The van der Waals surface area contributed by atoms with E-state index in [1.807, 2.05) is 31.2 Å². The average Bonchev–Trinajstić information content (AvgIpc) is 2.65. The molecule has 0 N–H and O–H groups in total. The molecule has 3 rings (SSSR count). The van der Waals surface area contributed by atoms with E-state index in [0.29, 0.717) is 10.5 Å². The molecule has 0 aliphatic carbocycles. The molecule has 0 unspecified atom stereocenters. The molecule has 0 radical (unpaired) electrons. The number of halogens is 2. The molecule has 0 spiro atoms. The minimum absolute atomic E-state index is 0.00490. The van der Waals surface area contributed by atoms with Gasteiger partial charge in [0.25, 0.3) is 0 Å². The monoisotopic (exact) mass is 368 g/mol. The number of Topliss-reactive ketones (excluding diaryl/α,β-unsaturated/α-hetero) is 1. The molecule has 26 heavy (non-hydrogen) atoms. The summed E-state index contributed by atoms with van der Waals surface area (Å²) in [5.41, 5.74) is 1.54. The number of ketones is 1. The molecule has 0 fully saturated rings. The van der Waals surface area contributed by atoms with Gasteiger partial charge in [0.15, 0.2) is 0 Å². The lowest BCUT2D eigenvalue weighted by Gasteiger charge is -2.19. The van der Waals surface area contributed by atoms with Crippen LogP contribution >= 0.6 is 11.8 Å². The second-order valence-corrected chi connectivity index (χ2v) is 7.30. The summed E-state index contributed by atoms with van der Waals surface area (Å²) in [6.07, 6.45) is 0. The minimum atomic E-state index is -3.60. The number of alkyl halides is 2. The zero-order valence-electron chi connectivity index (χ0n) is 14.5. The fourth-order valence-corrected chi connectivity index (χ4v) is 3.56. The Kier molecular flexibility index (Phi) is 5.23. The van der Waals surface area contributed by atoms with Gasteiger partial charge in [-0.3, -0.25) is 4.79 Å². The first-order chi connectivity index (χ1) is 12.4. The normalized spacial score (nSPS) is 11.4. The SMILES string of the molecule is Cc1ccc(Sc2ccc(C)cc2C(F)(F)C(=O)c2ccccc2)cc1. The number of carbonyl (C=O) groups is 1. The van der Waals surface area contributed by atoms with Crippen LogP contribution in [0, 0.1) is 13.8 Å². The van der Waals surface area contributed by atoms with E-state index in [4.69, 9.17) is 0 Å². The number of hydrogen-bond acceptors (Lipinski definition) is 2. The zero-order valence-corrected chi connectivity index (χ0v) is 15.3. The lowest BCUT2D eigenvalue weighted by Crippen LogP contribution is -2.27. The van der Waals surface area contributed by atoms with Crippen LogP contribution in [0.15, 0.2) is 82.6 Å². The number of carbonyl (C=O) groups excluding carboxylic acids is 1. The Labute approximate surface area is 156 Å². The van der Waals surface area contributed by atoms with Crippen molar-refractivity contribution in [3.63, 3.8) is 0 Å². The maximum Gasteiger partial charge on any atom is 0.336 e. The fourth-order valence-electron chi connectivity index (χ4n) is 2.60. The van der Waals surface area contributed by atoms with E-state index in [0.717, 1.165) is 10.5 Å². The molecule has 0 saturated carbocycles. The molecule has 0 atom stereocenters. The largest absolute Gasteiger partial charge is 0.336 e. The smallest absolute Gasteiger partial charge is 0.287 e. The van der Waals surface area contributed by atoms with Crippen LogP contribution in [0.1, 0.15) is 27.0 Å². The highest BCUT2D eigenvalue weighted by atomic mass is 32.2. The maximum atomic E-state index is 15.1. The molecule has 0 amide bonds. The van der Waals surface area contributed by atoms with Gasteiger partial charge in [-0.05, 0) is 38.1 Å². The van der Waals surface area contributed by atoms with Crippen molar-refractivity contribution in [2.45, 2.75) is 29.6 Å². The third-order valence-electron chi connectivity index (χ3n) is 4.04. The lowest BCUT2D eigenvalue weighted by molar-refractivity contribution is 0.00575. The standard InChI is InChI=1S/C22H18F2OS/c1-15-8-11-18(12-9-15)26-20-13-10-16(2)14-19(20)22(23,24)21(25)17-6-4-3-5-7-17/h3-14H,1-2H3. The molecule has 132 valence electrons. The quantitative estimate of drug-likeness (QED) is 0.483. The van der Waals surface area contributed by atoms with Crippen molar-refractivity contribution in [3.8, 4) is 0 Å². The van der Waals surface area contributed by atoms with Crippen LogP contribution in [0.4, 0.5) is 8.78 Å². The van der Waals surface area contributed by atoms with E-state index in [-0.39, 0.29) is 11.1 Å². The summed E-state index contributed by atoms with van der Waals surface area (Å²) >= 11 is 1.24. The van der Waals surface area contributed by atoms with Crippen LogP contribution in [0.2, 0.25) is 0 Å². The summed E-state index contributed by atoms with van der Waals surface area (Å²) in [5, 5.41) is 0. The van der Waals surface area contributed by atoms with Crippen LogP contribution in [0.25, 0.3) is 0 Å². The Morgan fingerprint density at radius 2 is 1.46 bits per heavy atom. The Bertz CT molecular complexity index is 919. The minimum Gasteiger partial charge on any atom is -0.287 e. The van der Waals surface area contributed by atoms with Crippen LogP contribution in [0.3, 0.4) is 0 Å². The maximum absolute atomic E-state index is 15.1. The molecule has 3 aromatic carbocycles. The van der Waals surface area contributed by atoms with E-state index in [9.17, 15) is 4.79 Å². The van der Waals surface area contributed by atoms with Crippen molar-refractivity contribution in [1.82, 2.24) is 0 Å². The van der Waals surface area contributed by atoms with Gasteiger partial charge in [0, 0.05) is 20.9 Å². The van der Waals surface area contributed by atoms with Gasteiger partial charge in [-0.2, -0.15) is 8.78 Å². The van der Waals surface area contributed by atoms with E-state index in [1.165, 1.54) is 30.0 Å². The number of aryl methyl sites for hydroxylation is 2. The summed E-state index contributed by atoms with van der Waals surface area (Å²) in [6.45, 7) is 3.71.